The van der Waals surface area contributed by atoms with Gasteiger partial charge >= 0.3 is 5.97 Å². The van der Waals surface area contributed by atoms with Gasteiger partial charge < -0.3 is 49.0 Å². The van der Waals surface area contributed by atoms with E-state index >= 15 is 0 Å². The summed E-state index contributed by atoms with van der Waals surface area (Å²) >= 11 is 0. The Hall–Kier alpha value is -4.33. The number of hydrogen-bond donors (Lipinski definition) is 9. The molecule has 0 saturated carbocycles. The summed E-state index contributed by atoms with van der Waals surface area (Å²) in [6, 6.07) is 3.57. The number of nitrogens with one attached hydrogen (secondary N) is 4. The number of methoxy groups -OCH3 is 1. The molecule has 0 spiro atoms. The Balaban J connectivity index is 0.00000418. The Labute approximate surface area is 305 Å². The van der Waals surface area contributed by atoms with Gasteiger partial charge in [0.1, 0.15) is 6.04 Å². The number of rotatable bonds is 15. The summed E-state index contributed by atoms with van der Waals surface area (Å²) in [7, 11) is 3.21. The maximum absolute atomic E-state index is 14.1. The van der Waals surface area contributed by atoms with Crippen molar-refractivity contribution >= 4 is 41.0 Å². The van der Waals surface area contributed by atoms with Gasteiger partial charge in [0.05, 0.1) is 18.9 Å². The summed E-state index contributed by atoms with van der Waals surface area (Å²) in [5.74, 6) is -0.993. The van der Waals surface area contributed by atoms with Gasteiger partial charge in [0.15, 0.2) is 11.9 Å². The Morgan fingerprint density at radius 2 is 1.53 bits per heavy atom. The molecule has 1 amide bonds. The van der Waals surface area contributed by atoms with Crippen LogP contribution in [-0.4, -0.2) is 75.0 Å². The second-order valence-electron chi connectivity index (χ2n) is 16.2. The number of H-pyrrole nitrogens is 1. The summed E-state index contributed by atoms with van der Waals surface area (Å²) in [6.45, 7) is 20.8. The molecule has 0 fully saturated rings. The number of aromatic nitrogens is 1. The average molecular weight is 714 g/mol. The molecule has 0 bridgehead atoms. The van der Waals surface area contributed by atoms with Crippen LogP contribution in [0, 0.1) is 10.8 Å². The minimum Gasteiger partial charge on any atom is -0.469 e. The molecule has 14 nitrogen and oxygen atoms in total. The quantitative estimate of drug-likeness (QED) is 0.0567. The fourth-order valence-electron chi connectivity index (χ4n) is 6.24. The van der Waals surface area contributed by atoms with Crippen molar-refractivity contribution in [3.8, 4) is 0 Å². The Morgan fingerprint density at radius 3 is 2.00 bits per heavy atom. The number of ether oxygens (including phenoxy) is 1. The van der Waals surface area contributed by atoms with E-state index in [1.807, 2.05) is 7.05 Å². The van der Waals surface area contributed by atoms with Gasteiger partial charge in [0.25, 0.3) is 0 Å². The molecule has 0 saturated heterocycles. The number of amides is 1. The van der Waals surface area contributed by atoms with E-state index in [0.717, 1.165) is 28.5 Å². The summed E-state index contributed by atoms with van der Waals surface area (Å²) in [4.78, 5) is 39.7. The lowest BCUT2D eigenvalue weighted by Gasteiger charge is -2.32. The number of fused-ring (bicyclic) bond motifs is 1. The van der Waals surface area contributed by atoms with Crippen LogP contribution in [-0.2, 0) is 37.0 Å². The van der Waals surface area contributed by atoms with E-state index < -0.39 is 17.4 Å². The van der Waals surface area contributed by atoms with E-state index in [1.165, 1.54) is 18.2 Å². The monoisotopic (exact) mass is 714 g/mol. The molecule has 14 N–H and O–H groups in total. The molecule has 14 heteroatoms. The lowest BCUT2D eigenvalue weighted by Crippen LogP contribution is -2.47. The highest BCUT2D eigenvalue weighted by molar-refractivity contribution is 5.92. The van der Waals surface area contributed by atoms with Crippen LogP contribution in [0.25, 0.3) is 10.9 Å². The van der Waals surface area contributed by atoms with E-state index in [4.69, 9.17) is 33.1 Å². The number of guanidine groups is 2. The van der Waals surface area contributed by atoms with Crippen molar-refractivity contribution in [3.63, 3.8) is 0 Å². The number of carbonyl (C=O) groups is 2. The van der Waals surface area contributed by atoms with Gasteiger partial charge in [0, 0.05) is 41.5 Å². The number of nitrogens with two attached hydrogens (primary N) is 5. The van der Waals surface area contributed by atoms with Crippen molar-refractivity contribution in [1.29, 1.82) is 5.41 Å². The first kappa shape index (κ1) is 44.7. The number of esters is 1. The van der Waals surface area contributed by atoms with Crippen LogP contribution >= 0.6 is 0 Å². The molecule has 0 radical (unpaired) electrons. The van der Waals surface area contributed by atoms with Crippen molar-refractivity contribution in [2.45, 2.75) is 117 Å². The van der Waals surface area contributed by atoms with Crippen LogP contribution in [0.5, 0.6) is 0 Å². The van der Waals surface area contributed by atoms with Crippen LogP contribution in [0.2, 0.25) is 0 Å². The molecule has 0 aliphatic carbocycles. The first-order valence-electron chi connectivity index (χ1n) is 17.5. The van der Waals surface area contributed by atoms with Crippen LogP contribution in [0.15, 0.2) is 22.1 Å². The fourth-order valence-corrected chi connectivity index (χ4v) is 6.24. The normalized spacial score (nSPS) is 13.6. The van der Waals surface area contributed by atoms with Gasteiger partial charge in [-0.25, -0.2) is 4.99 Å². The van der Waals surface area contributed by atoms with E-state index in [-0.39, 0.29) is 47.0 Å². The van der Waals surface area contributed by atoms with Gasteiger partial charge in [-0.15, -0.1) is 0 Å². The molecule has 51 heavy (non-hydrogen) atoms. The predicted molar refractivity (Wildman–Crippen MR) is 211 cm³/mol. The molecule has 2 rings (SSSR count). The topological polar surface area (TPSA) is 262 Å². The minimum absolute atomic E-state index is 0.0154. The summed E-state index contributed by atoms with van der Waals surface area (Å²) in [5.41, 5.74) is 31.2. The molecule has 2 atom stereocenters. The van der Waals surface area contributed by atoms with Crippen molar-refractivity contribution < 1.29 is 14.3 Å². The highest BCUT2D eigenvalue weighted by Gasteiger charge is 2.40. The molecule has 2 aromatic rings. The number of benzene rings is 1. The van der Waals surface area contributed by atoms with Crippen molar-refractivity contribution in [2.24, 2.45) is 44.1 Å². The molecule has 1 unspecified atom stereocenters. The molecule has 288 valence electrons. The maximum Gasteiger partial charge on any atom is 0.313 e. The molecule has 1 aromatic carbocycles. The maximum atomic E-state index is 14.1. The summed E-state index contributed by atoms with van der Waals surface area (Å²) in [6.07, 6.45) is 3.11. The molecule has 0 aliphatic rings. The Kier molecular flexibility index (Phi) is 16.5. The van der Waals surface area contributed by atoms with Crippen LogP contribution < -0.4 is 39.3 Å². The number of aromatic amines is 1. The standard InChI is InChI=1S/C36H63N9O3.CH4N2/c1-33(2,3)22-18-24(34(4,5)6)27-23(28(35(7,8)9)44-25(27)19-22)20-26(45-32(39)40)29(46)43-21-36(30(47)48-11,14-12-16-41-10)15-13-17-42-31(37)38;2-1-3/h18-19,26,41,44H,12-17,20-21H2,1-11H3,(H,43,46)(H4,37,38,42)(H4,39,40,45);1H,(H3,2,3)/t26-,36?;/m0./s1. The van der Waals surface area contributed by atoms with Gasteiger partial charge in [-0.3, -0.25) is 20.0 Å². The van der Waals surface area contributed by atoms with Crippen molar-refractivity contribution in [3.05, 3.63) is 34.5 Å². The van der Waals surface area contributed by atoms with E-state index in [1.54, 1.807) is 0 Å². The molecule has 1 heterocycles. The van der Waals surface area contributed by atoms with Crippen LogP contribution in [0.3, 0.4) is 0 Å². The largest absolute Gasteiger partial charge is 0.469 e. The van der Waals surface area contributed by atoms with Gasteiger partial charge in [-0.2, -0.15) is 0 Å². The van der Waals surface area contributed by atoms with Gasteiger partial charge in [0.2, 0.25) is 5.91 Å². The first-order chi connectivity index (χ1) is 23.5. The summed E-state index contributed by atoms with van der Waals surface area (Å²) < 4.78 is 5.28. The second-order valence-corrected chi connectivity index (χ2v) is 16.2. The zero-order chi connectivity index (χ0) is 39.4. The fraction of sp³-hybridized carbons (Fsp3) is 0.649. The predicted octanol–water partition coefficient (Wildman–Crippen LogP) is 3.13. The van der Waals surface area contributed by atoms with Gasteiger partial charge in [-0.1, -0.05) is 68.4 Å². The summed E-state index contributed by atoms with van der Waals surface area (Å²) in [5, 5.41) is 13.1. The number of carbonyl (C=O) groups excluding carboxylic acids is 2. The number of aliphatic imine (C=N–C) groups is 2. The molecule has 1 aromatic heterocycles. The Bertz CT molecular complexity index is 1520. The molecular formula is C37H67N11O3. The van der Waals surface area contributed by atoms with Gasteiger partial charge in [-0.05, 0) is 72.9 Å². The van der Waals surface area contributed by atoms with Crippen molar-refractivity contribution in [2.75, 3.05) is 33.8 Å². The lowest BCUT2D eigenvalue weighted by molar-refractivity contribution is -0.154. The smallest absolute Gasteiger partial charge is 0.313 e. The van der Waals surface area contributed by atoms with Crippen molar-refractivity contribution in [1.82, 2.24) is 15.6 Å². The minimum atomic E-state index is -0.997. The molecular weight excluding hydrogens is 646 g/mol. The first-order valence-corrected chi connectivity index (χ1v) is 17.5. The third-order valence-corrected chi connectivity index (χ3v) is 8.84. The van der Waals surface area contributed by atoms with Crippen LogP contribution in [0.1, 0.15) is 110 Å². The van der Waals surface area contributed by atoms with E-state index in [0.29, 0.717) is 38.8 Å². The lowest BCUT2D eigenvalue weighted by atomic mass is 9.77. The third-order valence-electron chi connectivity index (χ3n) is 8.84. The Morgan fingerprint density at radius 1 is 0.941 bits per heavy atom. The second kappa shape index (κ2) is 18.8. The van der Waals surface area contributed by atoms with E-state index in [9.17, 15) is 9.59 Å². The zero-order valence-corrected chi connectivity index (χ0v) is 33.0. The average Bonchev–Trinajstić information content (AvgIpc) is 3.38. The number of hydrogen-bond acceptors (Lipinski definition) is 7. The highest BCUT2D eigenvalue weighted by Crippen LogP contribution is 2.41. The zero-order valence-electron chi connectivity index (χ0n) is 33.0. The molecule has 0 aliphatic heterocycles. The highest BCUT2D eigenvalue weighted by atomic mass is 16.5. The third kappa shape index (κ3) is 13.1. The van der Waals surface area contributed by atoms with Crippen LogP contribution in [0.4, 0.5) is 0 Å². The number of nitrogens with zero attached hydrogens (tertiary/aromatic N) is 2. The SMILES string of the molecule is CNCCCC(CCCN=C(N)N)(CNC(=O)[C@H](Cc1c(C(C)(C)C)[nH]c2cc(C(C)(C)C)cc(C(C)(C)C)c12)N=C(N)N)C(=O)OC.N=CN. The van der Waals surface area contributed by atoms with E-state index in [2.05, 4.69) is 106 Å².